The lowest BCUT2D eigenvalue weighted by molar-refractivity contribution is 0.0753. The molecule has 0 saturated carbocycles. The SMILES string of the molecule is CCC1C(c2cccc(C#N)c2)=NOC1C. The molecule has 82 valence electrons. The quantitative estimate of drug-likeness (QED) is 0.759. The van der Waals surface area contributed by atoms with Gasteiger partial charge in [-0.3, -0.25) is 0 Å². The molecule has 3 nitrogen and oxygen atoms in total. The molecule has 2 unspecified atom stereocenters. The molecule has 1 aromatic carbocycles. The Kier molecular flexibility index (Phi) is 2.91. The van der Waals surface area contributed by atoms with E-state index in [0.717, 1.165) is 17.7 Å². The van der Waals surface area contributed by atoms with Crippen LogP contribution in [0.4, 0.5) is 0 Å². The van der Waals surface area contributed by atoms with Crippen molar-refractivity contribution >= 4 is 5.71 Å². The van der Waals surface area contributed by atoms with Crippen LogP contribution < -0.4 is 0 Å². The van der Waals surface area contributed by atoms with Gasteiger partial charge in [-0.25, -0.2) is 0 Å². The van der Waals surface area contributed by atoms with Gasteiger partial charge in [-0.2, -0.15) is 5.26 Å². The second kappa shape index (κ2) is 4.36. The summed E-state index contributed by atoms with van der Waals surface area (Å²) in [5.41, 5.74) is 2.62. The van der Waals surface area contributed by atoms with E-state index in [9.17, 15) is 0 Å². The Balaban J connectivity index is 2.34. The Morgan fingerprint density at radius 3 is 3.00 bits per heavy atom. The summed E-state index contributed by atoms with van der Waals surface area (Å²) in [6.45, 7) is 4.15. The van der Waals surface area contributed by atoms with Gasteiger partial charge in [-0.1, -0.05) is 24.2 Å². The number of hydrogen-bond donors (Lipinski definition) is 0. The lowest BCUT2D eigenvalue weighted by Gasteiger charge is -2.12. The minimum atomic E-state index is 0.130. The molecule has 0 aliphatic carbocycles. The van der Waals surface area contributed by atoms with Crippen molar-refractivity contribution in [3.63, 3.8) is 0 Å². The van der Waals surface area contributed by atoms with Crippen molar-refractivity contribution < 1.29 is 4.84 Å². The molecule has 16 heavy (non-hydrogen) atoms. The molecule has 0 aromatic heterocycles. The van der Waals surface area contributed by atoms with Gasteiger partial charge in [-0.05, 0) is 25.5 Å². The Labute approximate surface area is 95.3 Å². The summed E-state index contributed by atoms with van der Waals surface area (Å²) >= 11 is 0. The summed E-state index contributed by atoms with van der Waals surface area (Å²) in [5, 5.41) is 13.0. The third-order valence-electron chi connectivity index (χ3n) is 2.96. The first-order valence-electron chi connectivity index (χ1n) is 5.50. The monoisotopic (exact) mass is 214 g/mol. The van der Waals surface area contributed by atoms with Crippen LogP contribution in [-0.2, 0) is 4.84 Å². The van der Waals surface area contributed by atoms with Gasteiger partial charge in [0.2, 0.25) is 0 Å². The largest absolute Gasteiger partial charge is 0.392 e. The van der Waals surface area contributed by atoms with E-state index >= 15 is 0 Å². The van der Waals surface area contributed by atoms with Crippen molar-refractivity contribution in [2.75, 3.05) is 0 Å². The van der Waals surface area contributed by atoms with Gasteiger partial charge in [0.25, 0.3) is 0 Å². The predicted molar refractivity (Wildman–Crippen MR) is 62.0 cm³/mol. The summed E-state index contributed by atoms with van der Waals surface area (Å²) in [7, 11) is 0. The first-order valence-corrected chi connectivity index (χ1v) is 5.50. The number of hydrogen-bond acceptors (Lipinski definition) is 3. The second-order valence-corrected chi connectivity index (χ2v) is 3.99. The van der Waals surface area contributed by atoms with Crippen molar-refractivity contribution in [2.24, 2.45) is 11.1 Å². The lowest BCUT2D eigenvalue weighted by Crippen LogP contribution is -2.20. The van der Waals surface area contributed by atoms with Crippen molar-refractivity contribution in [1.82, 2.24) is 0 Å². The molecular weight excluding hydrogens is 200 g/mol. The van der Waals surface area contributed by atoms with Gasteiger partial charge in [0.05, 0.1) is 17.3 Å². The molecule has 0 N–H and O–H groups in total. The van der Waals surface area contributed by atoms with E-state index in [4.69, 9.17) is 10.1 Å². The predicted octanol–water partition coefficient (Wildman–Crippen LogP) is 2.71. The molecule has 1 heterocycles. The van der Waals surface area contributed by atoms with E-state index in [0.29, 0.717) is 11.5 Å². The normalized spacial score (nSPS) is 23.4. The summed E-state index contributed by atoms with van der Waals surface area (Å²) in [6, 6.07) is 9.66. The Bertz CT molecular complexity index is 459. The zero-order valence-electron chi connectivity index (χ0n) is 9.47. The molecule has 0 bridgehead atoms. The third-order valence-corrected chi connectivity index (χ3v) is 2.96. The highest BCUT2D eigenvalue weighted by Gasteiger charge is 2.30. The molecule has 1 aliphatic heterocycles. The number of benzene rings is 1. The minimum absolute atomic E-state index is 0.130. The van der Waals surface area contributed by atoms with Crippen LogP contribution in [0, 0.1) is 17.2 Å². The molecule has 2 atom stereocenters. The van der Waals surface area contributed by atoms with Crippen LogP contribution in [-0.4, -0.2) is 11.8 Å². The smallest absolute Gasteiger partial charge is 0.133 e. The number of nitrogens with zero attached hydrogens (tertiary/aromatic N) is 2. The summed E-state index contributed by atoms with van der Waals surface area (Å²) < 4.78 is 0. The van der Waals surface area contributed by atoms with E-state index in [2.05, 4.69) is 18.1 Å². The van der Waals surface area contributed by atoms with Crippen molar-refractivity contribution in [3.05, 3.63) is 35.4 Å². The van der Waals surface area contributed by atoms with Gasteiger partial charge >= 0.3 is 0 Å². The summed E-state index contributed by atoms with van der Waals surface area (Å²) in [5.74, 6) is 0.328. The first kappa shape index (κ1) is 10.7. The number of rotatable bonds is 2. The van der Waals surface area contributed by atoms with Gasteiger partial charge in [0, 0.05) is 11.5 Å². The molecule has 0 radical (unpaired) electrons. The van der Waals surface area contributed by atoms with Crippen molar-refractivity contribution in [1.29, 1.82) is 5.26 Å². The summed E-state index contributed by atoms with van der Waals surface area (Å²) in [4.78, 5) is 5.30. The van der Waals surface area contributed by atoms with E-state index in [-0.39, 0.29) is 6.10 Å². The molecule has 2 rings (SSSR count). The molecule has 3 heteroatoms. The highest BCUT2D eigenvalue weighted by atomic mass is 16.6. The molecule has 0 amide bonds. The zero-order chi connectivity index (χ0) is 11.5. The molecule has 0 spiro atoms. The van der Waals surface area contributed by atoms with Crippen molar-refractivity contribution in [2.45, 2.75) is 26.4 Å². The average Bonchev–Trinajstić information content (AvgIpc) is 2.70. The highest BCUT2D eigenvalue weighted by molar-refractivity contribution is 6.03. The van der Waals surface area contributed by atoms with E-state index < -0.39 is 0 Å². The van der Waals surface area contributed by atoms with Crippen LogP contribution >= 0.6 is 0 Å². The Morgan fingerprint density at radius 1 is 1.50 bits per heavy atom. The van der Waals surface area contributed by atoms with Crippen LogP contribution in [0.15, 0.2) is 29.4 Å². The lowest BCUT2D eigenvalue weighted by atomic mass is 9.90. The van der Waals surface area contributed by atoms with Crippen LogP contribution in [0.1, 0.15) is 31.4 Å². The van der Waals surface area contributed by atoms with E-state index in [1.54, 1.807) is 6.07 Å². The average molecular weight is 214 g/mol. The first-order chi connectivity index (χ1) is 7.76. The van der Waals surface area contributed by atoms with E-state index in [1.165, 1.54) is 0 Å². The number of oxime groups is 1. The third kappa shape index (κ3) is 1.79. The fourth-order valence-electron chi connectivity index (χ4n) is 2.04. The zero-order valence-corrected chi connectivity index (χ0v) is 9.47. The Hall–Kier alpha value is -1.82. The van der Waals surface area contributed by atoms with Gasteiger partial charge in [0.15, 0.2) is 0 Å². The molecular formula is C13H14N2O. The minimum Gasteiger partial charge on any atom is -0.392 e. The fraction of sp³-hybridized carbons (Fsp3) is 0.385. The maximum Gasteiger partial charge on any atom is 0.133 e. The fourth-order valence-corrected chi connectivity index (χ4v) is 2.04. The highest BCUT2D eigenvalue weighted by Crippen LogP contribution is 2.25. The van der Waals surface area contributed by atoms with Gasteiger partial charge in [-0.15, -0.1) is 0 Å². The van der Waals surface area contributed by atoms with Crippen molar-refractivity contribution in [3.8, 4) is 6.07 Å². The van der Waals surface area contributed by atoms with Crippen LogP contribution in [0.3, 0.4) is 0 Å². The molecule has 0 saturated heterocycles. The molecule has 1 aromatic rings. The molecule has 1 aliphatic rings. The van der Waals surface area contributed by atoms with Crippen LogP contribution in [0.2, 0.25) is 0 Å². The van der Waals surface area contributed by atoms with Crippen LogP contribution in [0.25, 0.3) is 0 Å². The standard InChI is InChI=1S/C13H14N2O/c1-3-12-9(2)16-15-13(12)11-6-4-5-10(7-11)8-14/h4-7,9,12H,3H2,1-2H3. The topological polar surface area (TPSA) is 45.4 Å². The molecule has 0 fully saturated rings. The summed E-state index contributed by atoms with van der Waals surface area (Å²) in [6.07, 6.45) is 1.13. The number of nitriles is 1. The maximum atomic E-state index is 8.86. The van der Waals surface area contributed by atoms with Crippen LogP contribution in [0.5, 0.6) is 0 Å². The second-order valence-electron chi connectivity index (χ2n) is 3.99. The maximum absolute atomic E-state index is 8.86. The van der Waals surface area contributed by atoms with Gasteiger partial charge in [0.1, 0.15) is 6.10 Å². The van der Waals surface area contributed by atoms with E-state index in [1.807, 2.05) is 25.1 Å². The van der Waals surface area contributed by atoms with Gasteiger partial charge < -0.3 is 4.84 Å². The Morgan fingerprint density at radius 2 is 2.31 bits per heavy atom.